The zero-order chi connectivity index (χ0) is 14.5. The second-order valence-corrected chi connectivity index (χ2v) is 5.47. The Balaban J connectivity index is 2.64. The fourth-order valence-electron chi connectivity index (χ4n) is 1.56. The van der Waals surface area contributed by atoms with Gasteiger partial charge in [0, 0.05) is 11.7 Å². The van der Waals surface area contributed by atoms with E-state index in [0.717, 1.165) is 5.56 Å². The summed E-state index contributed by atoms with van der Waals surface area (Å²) in [5.41, 5.74) is 6.75. The van der Waals surface area contributed by atoms with Crippen molar-refractivity contribution in [2.24, 2.45) is 5.73 Å². The summed E-state index contributed by atoms with van der Waals surface area (Å²) >= 11 is 0. The third-order valence-electron chi connectivity index (χ3n) is 2.30. The number of amides is 1. The quantitative estimate of drug-likeness (QED) is 0.777. The molecule has 0 spiro atoms. The second-order valence-electron chi connectivity index (χ2n) is 5.47. The number of carbonyl (C=O) groups excluding carboxylic acids is 1. The normalized spacial score (nSPS) is 12.9. The van der Waals surface area contributed by atoms with Crippen LogP contribution in [-0.2, 0) is 11.2 Å². The molecule has 0 unspecified atom stereocenters. The minimum atomic E-state index is -0.527. The van der Waals surface area contributed by atoms with Crippen molar-refractivity contribution in [1.29, 1.82) is 0 Å². The summed E-state index contributed by atoms with van der Waals surface area (Å²) in [5, 5.41) is 11.6. The van der Waals surface area contributed by atoms with Gasteiger partial charge in [-0.05, 0) is 44.9 Å². The van der Waals surface area contributed by atoms with Crippen LogP contribution in [0.1, 0.15) is 26.3 Å². The fraction of sp³-hybridized carbons (Fsp3) is 0.500. The van der Waals surface area contributed by atoms with Crippen molar-refractivity contribution in [3.63, 3.8) is 0 Å². The van der Waals surface area contributed by atoms with E-state index in [4.69, 9.17) is 15.6 Å². The van der Waals surface area contributed by atoms with Crippen LogP contribution in [0.5, 0.6) is 0 Å². The van der Waals surface area contributed by atoms with Gasteiger partial charge in [0.05, 0.1) is 6.61 Å². The summed E-state index contributed by atoms with van der Waals surface area (Å²) in [6.07, 6.45) is 0.0662. The van der Waals surface area contributed by atoms with Crippen LogP contribution in [0.2, 0.25) is 0 Å². The van der Waals surface area contributed by atoms with Crippen molar-refractivity contribution < 1.29 is 14.6 Å². The molecular weight excluding hydrogens is 244 g/mol. The fourth-order valence-corrected chi connectivity index (χ4v) is 1.56. The number of aliphatic hydroxyl groups excluding tert-OH is 1. The van der Waals surface area contributed by atoms with Gasteiger partial charge in [-0.3, -0.25) is 5.32 Å². The molecule has 106 valence electrons. The molecule has 0 bridgehead atoms. The van der Waals surface area contributed by atoms with Crippen molar-refractivity contribution in [1.82, 2.24) is 0 Å². The first-order valence-electron chi connectivity index (χ1n) is 6.25. The number of carbonyl (C=O) groups is 1. The molecule has 0 radical (unpaired) electrons. The summed E-state index contributed by atoms with van der Waals surface area (Å²) in [6, 6.07) is 7.02. The van der Waals surface area contributed by atoms with Gasteiger partial charge in [0.2, 0.25) is 0 Å². The highest BCUT2D eigenvalue weighted by molar-refractivity contribution is 5.84. The molecule has 5 heteroatoms. The molecule has 0 aromatic heterocycles. The van der Waals surface area contributed by atoms with Crippen LogP contribution >= 0.6 is 0 Å². The molecule has 1 atom stereocenters. The zero-order valence-electron chi connectivity index (χ0n) is 11.6. The lowest BCUT2D eigenvalue weighted by Gasteiger charge is -2.19. The van der Waals surface area contributed by atoms with Crippen LogP contribution in [0.3, 0.4) is 0 Å². The highest BCUT2D eigenvalue weighted by Gasteiger charge is 2.16. The molecule has 19 heavy (non-hydrogen) atoms. The third-order valence-corrected chi connectivity index (χ3v) is 2.30. The Kier molecular flexibility index (Phi) is 5.32. The molecule has 4 N–H and O–H groups in total. The van der Waals surface area contributed by atoms with E-state index in [1.54, 1.807) is 6.07 Å². The maximum atomic E-state index is 11.6. The Morgan fingerprint density at radius 2 is 2.16 bits per heavy atom. The van der Waals surface area contributed by atoms with E-state index in [-0.39, 0.29) is 12.6 Å². The van der Waals surface area contributed by atoms with Crippen LogP contribution < -0.4 is 11.1 Å². The van der Waals surface area contributed by atoms with E-state index in [9.17, 15) is 4.79 Å². The molecule has 0 saturated heterocycles. The second kappa shape index (κ2) is 6.54. The van der Waals surface area contributed by atoms with E-state index in [2.05, 4.69) is 5.32 Å². The Hall–Kier alpha value is -1.59. The molecule has 0 saturated carbocycles. The van der Waals surface area contributed by atoms with Crippen molar-refractivity contribution >= 4 is 11.8 Å². The van der Waals surface area contributed by atoms with E-state index in [0.29, 0.717) is 12.1 Å². The Morgan fingerprint density at radius 3 is 2.74 bits per heavy atom. The predicted octanol–water partition coefficient (Wildman–Crippen LogP) is 1.90. The lowest BCUT2D eigenvalue weighted by atomic mass is 10.1. The van der Waals surface area contributed by atoms with Crippen LogP contribution in [0.25, 0.3) is 0 Å². The topological polar surface area (TPSA) is 84.6 Å². The summed E-state index contributed by atoms with van der Waals surface area (Å²) < 4.78 is 5.17. The molecule has 0 aliphatic heterocycles. The van der Waals surface area contributed by atoms with Crippen LogP contribution in [0.4, 0.5) is 10.5 Å². The van der Waals surface area contributed by atoms with E-state index >= 15 is 0 Å². The average Bonchev–Trinajstić information content (AvgIpc) is 2.26. The number of benzene rings is 1. The van der Waals surface area contributed by atoms with Gasteiger partial charge in [-0.25, -0.2) is 4.79 Å². The number of anilines is 1. The van der Waals surface area contributed by atoms with Crippen molar-refractivity contribution in [2.75, 3.05) is 11.9 Å². The lowest BCUT2D eigenvalue weighted by Crippen LogP contribution is -2.28. The largest absolute Gasteiger partial charge is 0.444 e. The molecule has 0 fully saturated rings. The van der Waals surface area contributed by atoms with E-state index in [1.807, 2.05) is 39.0 Å². The van der Waals surface area contributed by atoms with Gasteiger partial charge in [-0.1, -0.05) is 12.1 Å². The number of aliphatic hydroxyl groups is 1. The van der Waals surface area contributed by atoms with Gasteiger partial charge in [0.1, 0.15) is 5.60 Å². The Labute approximate surface area is 113 Å². The van der Waals surface area contributed by atoms with Crippen molar-refractivity contribution in [3.8, 4) is 0 Å². The highest BCUT2D eigenvalue weighted by Crippen LogP contribution is 2.14. The molecule has 1 amide bonds. The summed E-state index contributed by atoms with van der Waals surface area (Å²) in [4.78, 5) is 11.6. The number of nitrogens with two attached hydrogens (primary N) is 1. The Morgan fingerprint density at radius 1 is 1.47 bits per heavy atom. The minimum Gasteiger partial charge on any atom is -0.444 e. The summed E-state index contributed by atoms with van der Waals surface area (Å²) in [5.74, 6) is 0. The maximum absolute atomic E-state index is 11.6. The maximum Gasteiger partial charge on any atom is 0.412 e. The summed E-state index contributed by atoms with van der Waals surface area (Å²) in [7, 11) is 0. The molecule has 1 rings (SSSR count). The molecule has 1 aromatic carbocycles. The summed E-state index contributed by atoms with van der Waals surface area (Å²) in [6.45, 7) is 5.36. The lowest BCUT2D eigenvalue weighted by molar-refractivity contribution is 0.0636. The average molecular weight is 266 g/mol. The van der Waals surface area contributed by atoms with Crippen LogP contribution in [-0.4, -0.2) is 29.4 Å². The first-order chi connectivity index (χ1) is 8.80. The first kappa shape index (κ1) is 15.5. The van der Waals surface area contributed by atoms with E-state index in [1.165, 1.54) is 0 Å². The van der Waals surface area contributed by atoms with Gasteiger partial charge in [0.15, 0.2) is 0 Å². The molecule has 5 nitrogen and oxygen atoms in total. The molecule has 0 aliphatic rings. The monoisotopic (exact) mass is 266 g/mol. The highest BCUT2D eigenvalue weighted by atomic mass is 16.6. The van der Waals surface area contributed by atoms with Crippen molar-refractivity contribution in [2.45, 2.75) is 38.8 Å². The number of hydrogen-bond donors (Lipinski definition) is 3. The van der Waals surface area contributed by atoms with Gasteiger partial charge in [-0.15, -0.1) is 0 Å². The number of nitrogens with one attached hydrogen (secondary N) is 1. The van der Waals surface area contributed by atoms with Gasteiger partial charge >= 0.3 is 6.09 Å². The predicted molar refractivity (Wildman–Crippen MR) is 75.1 cm³/mol. The standard InChI is InChI=1S/C14H22N2O3/c1-14(2,3)19-13(18)16-12-6-4-5-10(8-12)7-11(15)9-17/h4-6,8,11,17H,7,9,15H2,1-3H3,(H,16,18)/t11-/m0/s1. The molecule has 1 aromatic rings. The molecule has 0 heterocycles. The van der Waals surface area contributed by atoms with Crippen molar-refractivity contribution in [3.05, 3.63) is 29.8 Å². The van der Waals surface area contributed by atoms with Gasteiger partial charge in [-0.2, -0.15) is 0 Å². The molecular formula is C14H22N2O3. The number of hydrogen-bond acceptors (Lipinski definition) is 4. The van der Waals surface area contributed by atoms with E-state index < -0.39 is 11.7 Å². The zero-order valence-corrected chi connectivity index (χ0v) is 11.6. The first-order valence-corrected chi connectivity index (χ1v) is 6.25. The van der Waals surface area contributed by atoms with Gasteiger partial charge < -0.3 is 15.6 Å². The molecule has 0 aliphatic carbocycles. The minimum absolute atomic E-state index is 0.0658. The SMILES string of the molecule is CC(C)(C)OC(=O)Nc1cccc(C[C@H](N)CO)c1. The third kappa shape index (κ3) is 6.22. The van der Waals surface area contributed by atoms with Crippen LogP contribution in [0, 0.1) is 0 Å². The smallest absolute Gasteiger partial charge is 0.412 e. The van der Waals surface area contributed by atoms with Crippen LogP contribution in [0.15, 0.2) is 24.3 Å². The van der Waals surface area contributed by atoms with Gasteiger partial charge in [0.25, 0.3) is 0 Å². The Bertz CT molecular complexity index is 427. The number of ether oxygens (including phenoxy) is 1. The number of rotatable bonds is 4.